The van der Waals surface area contributed by atoms with Gasteiger partial charge in [0, 0.05) is 47.2 Å². The molecule has 0 unspecified atom stereocenters. The SMILES string of the molecule is COc1cc(-n2c(C(C)(C)CC#N)c(C3CCC(OC)(C(=O)O)CC3)c3cc4[nH]ncc4cc32)ccc1F. The molecule has 1 fully saturated rings. The number of rotatable bonds is 7. The topological polar surface area (TPSA) is 113 Å². The minimum atomic E-state index is -1.20. The Morgan fingerprint density at radius 2 is 2.03 bits per heavy atom. The fourth-order valence-electron chi connectivity index (χ4n) is 6.04. The van der Waals surface area contributed by atoms with Crippen LogP contribution in [0.3, 0.4) is 0 Å². The Bertz CT molecular complexity index is 1570. The van der Waals surface area contributed by atoms with E-state index in [-0.39, 0.29) is 18.1 Å². The number of halogens is 1. The van der Waals surface area contributed by atoms with Crippen LogP contribution in [0.2, 0.25) is 0 Å². The maximum Gasteiger partial charge on any atom is 0.335 e. The number of carbonyl (C=O) groups is 1. The van der Waals surface area contributed by atoms with Crippen molar-refractivity contribution in [3.05, 3.63) is 53.6 Å². The first-order chi connectivity index (χ1) is 18.2. The Hall–Kier alpha value is -3.90. The van der Waals surface area contributed by atoms with Gasteiger partial charge < -0.3 is 19.1 Å². The molecule has 5 rings (SSSR count). The fourth-order valence-corrected chi connectivity index (χ4v) is 6.04. The number of nitrogens with zero attached hydrogens (tertiary/aromatic N) is 3. The highest BCUT2D eigenvalue weighted by Crippen LogP contribution is 2.49. The van der Waals surface area contributed by atoms with Gasteiger partial charge in [0.05, 0.1) is 30.4 Å². The maximum atomic E-state index is 14.4. The number of nitriles is 1. The summed E-state index contributed by atoms with van der Waals surface area (Å²) >= 11 is 0. The Morgan fingerprint density at radius 1 is 1.29 bits per heavy atom. The first-order valence-corrected chi connectivity index (χ1v) is 12.7. The number of hydrogen-bond acceptors (Lipinski definition) is 5. The van der Waals surface area contributed by atoms with Crippen molar-refractivity contribution in [1.82, 2.24) is 14.8 Å². The molecule has 0 aliphatic heterocycles. The number of ether oxygens (including phenoxy) is 2. The summed E-state index contributed by atoms with van der Waals surface area (Å²) in [7, 11) is 2.89. The Morgan fingerprint density at radius 3 is 2.66 bits per heavy atom. The van der Waals surface area contributed by atoms with Gasteiger partial charge in [0.1, 0.15) is 0 Å². The van der Waals surface area contributed by atoms with Gasteiger partial charge in [-0.15, -0.1) is 0 Å². The second-order valence-corrected chi connectivity index (χ2v) is 10.7. The lowest BCUT2D eigenvalue weighted by Gasteiger charge is -2.37. The van der Waals surface area contributed by atoms with Gasteiger partial charge in [-0.05, 0) is 61.4 Å². The summed E-state index contributed by atoms with van der Waals surface area (Å²) in [5.74, 6) is -1.23. The standard InChI is InChI=1S/C29H31FN4O4/c1-28(2,11-12-31)26-25(17-7-9-29(38-4,10-8-17)27(35)36)20-15-22-18(16-32-33-22)13-23(20)34(26)19-5-6-21(30)24(14-19)37-3/h5-6,13-17H,7-11H2,1-4H3,(H,32,33)(H,35,36). The van der Waals surface area contributed by atoms with Crippen LogP contribution in [0.4, 0.5) is 4.39 Å². The van der Waals surface area contributed by atoms with E-state index in [2.05, 4.69) is 33.0 Å². The van der Waals surface area contributed by atoms with Gasteiger partial charge in [-0.25, -0.2) is 9.18 Å². The van der Waals surface area contributed by atoms with Crippen molar-refractivity contribution >= 4 is 27.8 Å². The summed E-state index contributed by atoms with van der Waals surface area (Å²) in [6, 6.07) is 11.2. The second-order valence-electron chi connectivity index (χ2n) is 10.7. The predicted molar refractivity (Wildman–Crippen MR) is 141 cm³/mol. The first kappa shape index (κ1) is 25.7. The quantitative estimate of drug-likeness (QED) is 0.311. The van der Waals surface area contributed by atoms with Crippen LogP contribution in [0.25, 0.3) is 27.5 Å². The van der Waals surface area contributed by atoms with E-state index >= 15 is 0 Å². The minimum absolute atomic E-state index is 0.0389. The van der Waals surface area contributed by atoms with Crippen LogP contribution >= 0.6 is 0 Å². The van der Waals surface area contributed by atoms with E-state index in [1.807, 2.05) is 13.8 Å². The van der Waals surface area contributed by atoms with Crippen LogP contribution < -0.4 is 4.74 Å². The normalized spacial score (nSPS) is 20.1. The molecule has 2 N–H and O–H groups in total. The van der Waals surface area contributed by atoms with Crippen molar-refractivity contribution in [3.63, 3.8) is 0 Å². The number of aromatic amines is 1. The molecule has 2 aromatic carbocycles. The number of aromatic nitrogens is 3. The van der Waals surface area contributed by atoms with Crippen LogP contribution in [-0.2, 0) is 14.9 Å². The third-order valence-electron chi connectivity index (χ3n) is 8.10. The number of carboxylic acid groups (broad SMARTS) is 1. The fraction of sp³-hybridized carbons (Fsp3) is 0.414. The maximum absolute atomic E-state index is 14.4. The van der Waals surface area contributed by atoms with Crippen LogP contribution in [0.5, 0.6) is 5.75 Å². The molecule has 2 heterocycles. The molecule has 1 aliphatic rings. The number of nitrogens with one attached hydrogen (secondary N) is 1. The largest absolute Gasteiger partial charge is 0.494 e. The van der Waals surface area contributed by atoms with E-state index < -0.39 is 22.8 Å². The number of aliphatic carboxylic acids is 1. The number of hydrogen-bond donors (Lipinski definition) is 2. The van der Waals surface area contributed by atoms with Gasteiger partial charge in [-0.3, -0.25) is 5.10 Å². The van der Waals surface area contributed by atoms with Crippen molar-refractivity contribution in [2.24, 2.45) is 0 Å². The minimum Gasteiger partial charge on any atom is -0.494 e. The average Bonchev–Trinajstić information content (AvgIpc) is 3.50. The van der Waals surface area contributed by atoms with E-state index in [1.165, 1.54) is 20.3 Å². The monoisotopic (exact) mass is 518 g/mol. The van der Waals surface area contributed by atoms with Crippen LogP contribution in [0.15, 0.2) is 36.5 Å². The van der Waals surface area contributed by atoms with Crippen molar-refractivity contribution < 1.29 is 23.8 Å². The summed E-state index contributed by atoms with van der Waals surface area (Å²) < 4.78 is 27.3. The molecule has 38 heavy (non-hydrogen) atoms. The summed E-state index contributed by atoms with van der Waals surface area (Å²) in [4.78, 5) is 12.0. The molecule has 9 heteroatoms. The van der Waals surface area contributed by atoms with Crippen molar-refractivity contribution in [2.75, 3.05) is 14.2 Å². The zero-order valence-corrected chi connectivity index (χ0v) is 22.0. The highest BCUT2D eigenvalue weighted by atomic mass is 19.1. The molecule has 0 spiro atoms. The molecule has 0 bridgehead atoms. The van der Waals surface area contributed by atoms with Gasteiger partial charge in [0.2, 0.25) is 0 Å². The number of carboxylic acids is 1. The third-order valence-corrected chi connectivity index (χ3v) is 8.10. The molecule has 0 saturated heterocycles. The highest BCUT2D eigenvalue weighted by Gasteiger charge is 2.44. The van der Waals surface area contributed by atoms with E-state index in [4.69, 9.17) is 9.47 Å². The summed E-state index contributed by atoms with van der Waals surface area (Å²) in [6.07, 6.45) is 4.01. The predicted octanol–water partition coefficient (Wildman–Crippen LogP) is 5.97. The van der Waals surface area contributed by atoms with Crippen LogP contribution in [-0.4, -0.2) is 45.7 Å². The molecule has 0 atom stereocenters. The number of H-pyrrole nitrogens is 1. The van der Waals surface area contributed by atoms with Crippen molar-refractivity contribution in [1.29, 1.82) is 5.26 Å². The molecule has 2 aromatic heterocycles. The number of methoxy groups -OCH3 is 2. The summed E-state index contributed by atoms with van der Waals surface area (Å²) in [5.41, 5.74) is 2.77. The van der Waals surface area contributed by atoms with Crippen LogP contribution in [0.1, 0.15) is 63.1 Å². The lowest BCUT2D eigenvalue weighted by Crippen LogP contribution is -2.43. The van der Waals surface area contributed by atoms with Gasteiger partial charge in [0.25, 0.3) is 0 Å². The molecule has 1 saturated carbocycles. The highest BCUT2D eigenvalue weighted by molar-refractivity contribution is 5.99. The molecule has 0 amide bonds. The van der Waals surface area contributed by atoms with E-state index in [0.717, 1.165) is 38.8 Å². The third kappa shape index (κ3) is 4.00. The number of benzene rings is 2. The average molecular weight is 519 g/mol. The Balaban J connectivity index is 1.82. The molecular weight excluding hydrogens is 487 g/mol. The van der Waals surface area contributed by atoms with E-state index in [0.29, 0.717) is 25.7 Å². The smallest absolute Gasteiger partial charge is 0.335 e. The Labute approximate surface area is 220 Å². The Kier molecular flexibility index (Phi) is 6.40. The molecule has 0 radical (unpaired) electrons. The van der Waals surface area contributed by atoms with Gasteiger partial charge in [-0.2, -0.15) is 10.4 Å². The lowest BCUT2D eigenvalue weighted by atomic mass is 9.72. The molecule has 4 aromatic rings. The zero-order valence-electron chi connectivity index (χ0n) is 22.0. The van der Waals surface area contributed by atoms with Crippen molar-refractivity contribution in [3.8, 4) is 17.5 Å². The molecule has 1 aliphatic carbocycles. The van der Waals surface area contributed by atoms with Gasteiger partial charge in [0.15, 0.2) is 17.2 Å². The first-order valence-electron chi connectivity index (χ1n) is 12.7. The zero-order chi connectivity index (χ0) is 27.2. The van der Waals surface area contributed by atoms with Gasteiger partial charge in [-0.1, -0.05) is 13.8 Å². The molecule has 8 nitrogen and oxygen atoms in total. The molecule has 198 valence electrons. The van der Waals surface area contributed by atoms with E-state index in [1.54, 1.807) is 18.3 Å². The second kappa shape index (κ2) is 9.44. The summed E-state index contributed by atoms with van der Waals surface area (Å²) in [6.45, 7) is 4.08. The van der Waals surface area contributed by atoms with Gasteiger partial charge >= 0.3 is 5.97 Å². The number of fused-ring (bicyclic) bond motifs is 2. The summed E-state index contributed by atoms with van der Waals surface area (Å²) in [5, 5.41) is 28.8. The van der Waals surface area contributed by atoms with Crippen LogP contribution in [0, 0.1) is 17.1 Å². The van der Waals surface area contributed by atoms with E-state index in [9.17, 15) is 19.6 Å². The molecular formula is C29H31FN4O4. The lowest BCUT2D eigenvalue weighted by molar-refractivity contribution is -0.166. The van der Waals surface area contributed by atoms with Crippen molar-refractivity contribution in [2.45, 2.75) is 62.9 Å².